The third kappa shape index (κ3) is 2.88. The summed E-state index contributed by atoms with van der Waals surface area (Å²) in [6.07, 6.45) is 1.89. The summed E-state index contributed by atoms with van der Waals surface area (Å²) in [4.78, 5) is 24.4. The molecule has 0 unspecified atom stereocenters. The van der Waals surface area contributed by atoms with Crippen molar-refractivity contribution in [3.8, 4) is 0 Å². The molecule has 18 heavy (non-hydrogen) atoms. The number of rotatable bonds is 4. The topological polar surface area (TPSA) is 67.2 Å². The Bertz CT molecular complexity index is 449. The lowest BCUT2D eigenvalue weighted by Gasteiger charge is -2.37. The van der Waals surface area contributed by atoms with Crippen molar-refractivity contribution in [2.45, 2.75) is 20.4 Å². The van der Waals surface area contributed by atoms with Crippen LogP contribution in [-0.4, -0.2) is 46.1 Å². The quantitative estimate of drug-likeness (QED) is 0.803. The number of carbonyl (C=O) groups excluding carboxylic acids is 2. The predicted octanol–water partition coefficient (Wildman–Crippen LogP) is -0.214. The van der Waals surface area contributed by atoms with Crippen LogP contribution >= 0.6 is 0 Å². The first-order chi connectivity index (χ1) is 8.56. The van der Waals surface area contributed by atoms with Gasteiger partial charge >= 0.3 is 0 Å². The van der Waals surface area contributed by atoms with E-state index in [-0.39, 0.29) is 17.7 Å². The Morgan fingerprint density at radius 1 is 1.50 bits per heavy atom. The second-order valence-electron chi connectivity index (χ2n) is 4.63. The molecule has 6 nitrogen and oxygen atoms in total. The minimum atomic E-state index is -0.0479. The number of hydrogen-bond donors (Lipinski definition) is 1. The van der Waals surface area contributed by atoms with Gasteiger partial charge in [0.2, 0.25) is 11.8 Å². The standard InChI is InChI=1S/C12H18N4O2/c1-9-3-5-16(14-9)6-4-13-12(18)11-7-15(8-11)10(2)17/h3,5,11H,4,6-8H2,1-2H3,(H,13,18). The van der Waals surface area contributed by atoms with Gasteiger partial charge in [-0.05, 0) is 13.0 Å². The van der Waals surface area contributed by atoms with Gasteiger partial charge in [0.25, 0.3) is 0 Å². The van der Waals surface area contributed by atoms with Crippen LogP contribution in [0.2, 0.25) is 0 Å². The molecule has 0 aliphatic carbocycles. The molecule has 1 aliphatic heterocycles. The zero-order valence-electron chi connectivity index (χ0n) is 10.7. The number of hydrogen-bond acceptors (Lipinski definition) is 3. The summed E-state index contributed by atoms with van der Waals surface area (Å²) in [6.45, 7) is 5.78. The van der Waals surface area contributed by atoms with E-state index in [1.165, 1.54) is 6.92 Å². The highest BCUT2D eigenvalue weighted by Gasteiger charge is 2.33. The van der Waals surface area contributed by atoms with Crippen LogP contribution in [-0.2, 0) is 16.1 Å². The van der Waals surface area contributed by atoms with Crippen molar-refractivity contribution < 1.29 is 9.59 Å². The Kier molecular flexibility index (Phi) is 3.64. The fraction of sp³-hybridized carbons (Fsp3) is 0.583. The maximum absolute atomic E-state index is 11.7. The van der Waals surface area contributed by atoms with Gasteiger partial charge in [-0.2, -0.15) is 5.10 Å². The molecule has 1 aliphatic rings. The molecule has 1 aromatic heterocycles. The van der Waals surface area contributed by atoms with Crippen molar-refractivity contribution in [2.75, 3.05) is 19.6 Å². The minimum absolute atomic E-state index is 0.0244. The van der Waals surface area contributed by atoms with Gasteiger partial charge in [-0.3, -0.25) is 14.3 Å². The predicted molar refractivity (Wildman–Crippen MR) is 65.7 cm³/mol. The van der Waals surface area contributed by atoms with Gasteiger partial charge < -0.3 is 10.2 Å². The lowest BCUT2D eigenvalue weighted by Crippen LogP contribution is -2.55. The molecule has 1 N–H and O–H groups in total. The summed E-state index contributed by atoms with van der Waals surface area (Å²) in [6, 6.07) is 1.93. The summed E-state index contributed by atoms with van der Waals surface area (Å²) in [5, 5.41) is 7.10. The highest BCUT2D eigenvalue weighted by Crippen LogP contribution is 2.15. The number of carbonyl (C=O) groups is 2. The van der Waals surface area contributed by atoms with Crippen LogP contribution in [0.1, 0.15) is 12.6 Å². The van der Waals surface area contributed by atoms with Gasteiger partial charge in [-0.15, -0.1) is 0 Å². The number of likely N-dealkylation sites (tertiary alicyclic amines) is 1. The van der Waals surface area contributed by atoms with E-state index in [2.05, 4.69) is 10.4 Å². The molecule has 0 bridgehead atoms. The Morgan fingerprint density at radius 3 is 2.78 bits per heavy atom. The maximum atomic E-state index is 11.7. The fourth-order valence-electron chi connectivity index (χ4n) is 1.93. The third-order valence-electron chi connectivity index (χ3n) is 3.11. The first-order valence-electron chi connectivity index (χ1n) is 6.09. The van der Waals surface area contributed by atoms with Crippen molar-refractivity contribution in [3.63, 3.8) is 0 Å². The average Bonchev–Trinajstić information content (AvgIpc) is 2.61. The van der Waals surface area contributed by atoms with E-state index in [1.807, 2.05) is 19.2 Å². The molecule has 0 atom stereocenters. The van der Waals surface area contributed by atoms with Crippen molar-refractivity contribution in [2.24, 2.45) is 5.92 Å². The first kappa shape index (κ1) is 12.6. The number of amides is 2. The monoisotopic (exact) mass is 250 g/mol. The van der Waals surface area contributed by atoms with Crippen LogP contribution in [0, 0.1) is 12.8 Å². The molecule has 0 saturated carbocycles. The van der Waals surface area contributed by atoms with Crippen molar-refractivity contribution >= 4 is 11.8 Å². The molecular weight excluding hydrogens is 232 g/mol. The Balaban J connectivity index is 1.66. The molecule has 2 heterocycles. The van der Waals surface area contributed by atoms with Crippen LogP contribution in [0.5, 0.6) is 0 Å². The number of nitrogens with zero attached hydrogens (tertiary/aromatic N) is 3. The average molecular weight is 250 g/mol. The third-order valence-corrected chi connectivity index (χ3v) is 3.11. The highest BCUT2D eigenvalue weighted by molar-refractivity contribution is 5.83. The van der Waals surface area contributed by atoms with Crippen molar-refractivity contribution in [3.05, 3.63) is 18.0 Å². The van der Waals surface area contributed by atoms with Gasteiger partial charge in [0.05, 0.1) is 18.2 Å². The van der Waals surface area contributed by atoms with E-state index in [0.717, 1.165) is 5.69 Å². The van der Waals surface area contributed by atoms with Gasteiger partial charge in [-0.25, -0.2) is 0 Å². The molecule has 6 heteroatoms. The molecule has 2 rings (SSSR count). The van der Waals surface area contributed by atoms with E-state index < -0.39 is 0 Å². The molecule has 98 valence electrons. The second-order valence-corrected chi connectivity index (χ2v) is 4.63. The molecule has 0 spiro atoms. The van der Waals surface area contributed by atoms with E-state index in [0.29, 0.717) is 26.2 Å². The number of nitrogens with one attached hydrogen (secondary N) is 1. The maximum Gasteiger partial charge on any atom is 0.226 e. The largest absolute Gasteiger partial charge is 0.354 e. The van der Waals surface area contributed by atoms with Crippen molar-refractivity contribution in [1.82, 2.24) is 20.0 Å². The molecule has 1 fully saturated rings. The molecule has 1 saturated heterocycles. The SMILES string of the molecule is CC(=O)N1CC(C(=O)NCCn2ccc(C)n2)C1. The summed E-state index contributed by atoms with van der Waals surface area (Å²) < 4.78 is 1.80. The van der Waals surface area contributed by atoms with Crippen LogP contribution < -0.4 is 5.32 Å². The van der Waals surface area contributed by atoms with E-state index in [1.54, 1.807) is 9.58 Å². The number of aromatic nitrogens is 2. The molecule has 2 amide bonds. The van der Waals surface area contributed by atoms with Crippen LogP contribution in [0.4, 0.5) is 0 Å². The fourth-order valence-corrected chi connectivity index (χ4v) is 1.93. The highest BCUT2D eigenvalue weighted by atomic mass is 16.2. The lowest BCUT2D eigenvalue weighted by atomic mass is 9.99. The van der Waals surface area contributed by atoms with E-state index in [4.69, 9.17) is 0 Å². The first-order valence-corrected chi connectivity index (χ1v) is 6.09. The van der Waals surface area contributed by atoms with Crippen LogP contribution in [0.3, 0.4) is 0 Å². The summed E-state index contributed by atoms with van der Waals surface area (Å²) in [7, 11) is 0. The Labute approximate surface area is 106 Å². The minimum Gasteiger partial charge on any atom is -0.354 e. The normalized spacial score (nSPS) is 15.3. The van der Waals surface area contributed by atoms with E-state index in [9.17, 15) is 9.59 Å². The summed E-state index contributed by atoms with van der Waals surface area (Å²) in [5.74, 6) is 0.00991. The van der Waals surface area contributed by atoms with Gasteiger partial charge in [-0.1, -0.05) is 0 Å². The van der Waals surface area contributed by atoms with Crippen molar-refractivity contribution in [1.29, 1.82) is 0 Å². The molecule has 0 radical (unpaired) electrons. The molecular formula is C12H18N4O2. The Morgan fingerprint density at radius 2 is 2.22 bits per heavy atom. The van der Waals surface area contributed by atoms with Crippen LogP contribution in [0.15, 0.2) is 12.3 Å². The number of aryl methyl sites for hydroxylation is 1. The molecule has 0 aromatic carbocycles. The zero-order chi connectivity index (χ0) is 13.1. The summed E-state index contributed by atoms with van der Waals surface area (Å²) in [5.41, 5.74) is 0.970. The molecule has 1 aromatic rings. The lowest BCUT2D eigenvalue weighted by molar-refractivity contribution is -0.141. The van der Waals surface area contributed by atoms with Gasteiger partial charge in [0.1, 0.15) is 0 Å². The Hall–Kier alpha value is -1.85. The van der Waals surface area contributed by atoms with Gasteiger partial charge in [0.15, 0.2) is 0 Å². The zero-order valence-corrected chi connectivity index (χ0v) is 10.7. The van der Waals surface area contributed by atoms with Gasteiger partial charge in [0, 0.05) is 32.8 Å². The summed E-state index contributed by atoms with van der Waals surface area (Å²) >= 11 is 0. The van der Waals surface area contributed by atoms with Crippen LogP contribution in [0.25, 0.3) is 0 Å². The van der Waals surface area contributed by atoms with E-state index >= 15 is 0 Å². The second kappa shape index (κ2) is 5.20. The smallest absolute Gasteiger partial charge is 0.226 e.